The molecule has 1 aliphatic rings. The van der Waals surface area contributed by atoms with E-state index in [1.807, 2.05) is 0 Å². The molecular formula is C14H18ClNO2. The molecular weight excluding hydrogens is 250 g/mol. The summed E-state index contributed by atoms with van der Waals surface area (Å²) >= 11 is 5.79. The summed E-state index contributed by atoms with van der Waals surface area (Å²) in [5.74, 6) is 0.537. The van der Waals surface area contributed by atoms with Crippen molar-refractivity contribution >= 4 is 17.4 Å². The molecule has 3 nitrogen and oxygen atoms in total. The van der Waals surface area contributed by atoms with Crippen LogP contribution >= 0.6 is 11.6 Å². The van der Waals surface area contributed by atoms with Gasteiger partial charge in [0.25, 0.3) is 0 Å². The number of carbonyl (C=O) groups excluding carboxylic acids is 1. The van der Waals surface area contributed by atoms with Crippen LogP contribution in [0.3, 0.4) is 0 Å². The van der Waals surface area contributed by atoms with Gasteiger partial charge in [0.1, 0.15) is 0 Å². The lowest BCUT2D eigenvalue weighted by Crippen LogP contribution is -2.24. The molecule has 1 aliphatic heterocycles. The Balaban J connectivity index is 1.80. The first-order valence-electron chi connectivity index (χ1n) is 6.31. The predicted octanol–water partition coefficient (Wildman–Crippen LogP) is 2.23. The van der Waals surface area contributed by atoms with Gasteiger partial charge >= 0.3 is 0 Å². The van der Waals surface area contributed by atoms with Crippen molar-refractivity contribution in [2.24, 2.45) is 5.92 Å². The standard InChI is InChI=1S/C14H18ClNO2/c15-13-3-1-12(2-4-13)14(18)6-8-16-7-5-11(9-16)10-17/h1-4,11,17H,5-10H2. The lowest BCUT2D eigenvalue weighted by atomic mass is 10.1. The van der Waals surface area contributed by atoms with Crippen molar-refractivity contribution in [3.8, 4) is 0 Å². The van der Waals surface area contributed by atoms with Gasteiger partial charge in [0, 0.05) is 36.7 Å². The highest BCUT2D eigenvalue weighted by atomic mass is 35.5. The number of nitrogens with zero attached hydrogens (tertiary/aromatic N) is 1. The minimum atomic E-state index is 0.152. The van der Waals surface area contributed by atoms with E-state index in [9.17, 15) is 4.79 Å². The second-order valence-electron chi connectivity index (χ2n) is 4.82. The van der Waals surface area contributed by atoms with Crippen LogP contribution in [-0.4, -0.2) is 42.0 Å². The first-order chi connectivity index (χ1) is 8.69. The van der Waals surface area contributed by atoms with Crippen LogP contribution in [0.4, 0.5) is 0 Å². The number of hydrogen-bond donors (Lipinski definition) is 1. The van der Waals surface area contributed by atoms with Crippen molar-refractivity contribution in [3.05, 3.63) is 34.9 Å². The quantitative estimate of drug-likeness (QED) is 0.832. The lowest BCUT2D eigenvalue weighted by molar-refractivity contribution is 0.0967. The molecule has 1 aromatic rings. The summed E-state index contributed by atoms with van der Waals surface area (Å²) in [6.07, 6.45) is 1.56. The average molecular weight is 268 g/mol. The van der Waals surface area contributed by atoms with Crippen LogP contribution in [0.2, 0.25) is 5.02 Å². The number of hydrogen-bond acceptors (Lipinski definition) is 3. The van der Waals surface area contributed by atoms with Crippen molar-refractivity contribution in [1.29, 1.82) is 0 Å². The fourth-order valence-corrected chi connectivity index (χ4v) is 2.43. The summed E-state index contributed by atoms with van der Waals surface area (Å²) in [5, 5.41) is 9.71. The van der Waals surface area contributed by atoms with E-state index >= 15 is 0 Å². The molecule has 0 saturated carbocycles. The zero-order valence-electron chi connectivity index (χ0n) is 10.3. The van der Waals surface area contributed by atoms with Crippen LogP contribution in [0.25, 0.3) is 0 Å². The fourth-order valence-electron chi connectivity index (χ4n) is 2.30. The molecule has 0 spiro atoms. The smallest absolute Gasteiger partial charge is 0.164 e. The number of likely N-dealkylation sites (tertiary alicyclic amines) is 1. The molecule has 1 heterocycles. The van der Waals surface area contributed by atoms with Gasteiger partial charge in [-0.1, -0.05) is 11.6 Å². The Morgan fingerprint density at radius 1 is 1.39 bits per heavy atom. The van der Waals surface area contributed by atoms with Gasteiger partial charge in [-0.3, -0.25) is 4.79 Å². The molecule has 1 saturated heterocycles. The van der Waals surface area contributed by atoms with Gasteiger partial charge in [0.05, 0.1) is 0 Å². The number of Topliss-reactive ketones (excluding diaryl/α,β-unsaturated/α-hetero) is 1. The Kier molecular flexibility index (Phi) is 4.75. The van der Waals surface area contributed by atoms with E-state index in [0.717, 1.165) is 31.6 Å². The van der Waals surface area contributed by atoms with Gasteiger partial charge in [0.2, 0.25) is 0 Å². The number of rotatable bonds is 5. The fraction of sp³-hybridized carbons (Fsp3) is 0.500. The van der Waals surface area contributed by atoms with Crippen molar-refractivity contribution in [3.63, 3.8) is 0 Å². The number of carbonyl (C=O) groups is 1. The molecule has 1 N–H and O–H groups in total. The first kappa shape index (κ1) is 13.5. The van der Waals surface area contributed by atoms with Crippen molar-refractivity contribution in [2.75, 3.05) is 26.2 Å². The molecule has 98 valence electrons. The van der Waals surface area contributed by atoms with Crippen LogP contribution in [0.15, 0.2) is 24.3 Å². The van der Waals surface area contributed by atoms with Crippen molar-refractivity contribution in [1.82, 2.24) is 4.90 Å². The van der Waals surface area contributed by atoms with Crippen LogP contribution in [0, 0.1) is 5.92 Å². The van der Waals surface area contributed by atoms with Gasteiger partial charge < -0.3 is 10.0 Å². The van der Waals surface area contributed by atoms with E-state index in [1.54, 1.807) is 24.3 Å². The maximum Gasteiger partial charge on any atom is 0.164 e. The Hall–Kier alpha value is -0.900. The molecule has 1 fully saturated rings. The third kappa shape index (κ3) is 3.55. The molecule has 18 heavy (non-hydrogen) atoms. The maximum atomic E-state index is 11.9. The molecule has 0 amide bonds. The monoisotopic (exact) mass is 267 g/mol. The number of aliphatic hydroxyl groups is 1. The number of benzene rings is 1. The second-order valence-corrected chi connectivity index (χ2v) is 5.25. The van der Waals surface area contributed by atoms with Gasteiger partial charge in [0.15, 0.2) is 5.78 Å². The second kappa shape index (κ2) is 6.32. The highest BCUT2D eigenvalue weighted by Gasteiger charge is 2.21. The van der Waals surface area contributed by atoms with E-state index < -0.39 is 0 Å². The molecule has 0 aromatic heterocycles. The summed E-state index contributed by atoms with van der Waals surface area (Å²) < 4.78 is 0. The van der Waals surface area contributed by atoms with Crippen molar-refractivity contribution < 1.29 is 9.90 Å². The Morgan fingerprint density at radius 3 is 2.72 bits per heavy atom. The maximum absolute atomic E-state index is 11.9. The topological polar surface area (TPSA) is 40.5 Å². The van der Waals surface area contributed by atoms with Crippen molar-refractivity contribution in [2.45, 2.75) is 12.8 Å². The van der Waals surface area contributed by atoms with E-state index in [2.05, 4.69) is 4.90 Å². The highest BCUT2D eigenvalue weighted by molar-refractivity contribution is 6.30. The minimum absolute atomic E-state index is 0.152. The largest absolute Gasteiger partial charge is 0.396 e. The Bertz CT molecular complexity index is 405. The van der Waals surface area contributed by atoms with Crippen LogP contribution in [-0.2, 0) is 0 Å². The highest BCUT2D eigenvalue weighted by Crippen LogP contribution is 2.16. The lowest BCUT2D eigenvalue weighted by Gasteiger charge is -2.14. The molecule has 1 atom stereocenters. The summed E-state index contributed by atoms with van der Waals surface area (Å²) in [6.45, 7) is 2.92. The van der Waals surface area contributed by atoms with Crippen LogP contribution < -0.4 is 0 Å². The molecule has 1 aromatic carbocycles. The Labute approximate surface area is 112 Å². The SMILES string of the molecule is O=C(CCN1CCC(CO)C1)c1ccc(Cl)cc1. The summed E-state index contributed by atoms with van der Waals surface area (Å²) in [4.78, 5) is 14.2. The molecule has 0 radical (unpaired) electrons. The van der Waals surface area contributed by atoms with E-state index in [0.29, 0.717) is 17.4 Å². The van der Waals surface area contributed by atoms with Gasteiger partial charge in [-0.2, -0.15) is 0 Å². The zero-order chi connectivity index (χ0) is 13.0. The van der Waals surface area contributed by atoms with E-state index in [4.69, 9.17) is 16.7 Å². The van der Waals surface area contributed by atoms with E-state index in [-0.39, 0.29) is 12.4 Å². The zero-order valence-corrected chi connectivity index (χ0v) is 11.1. The number of halogens is 1. The predicted molar refractivity (Wildman–Crippen MR) is 72.0 cm³/mol. The first-order valence-corrected chi connectivity index (χ1v) is 6.69. The molecule has 1 unspecified atom stereocenters. The van der Waals surface area contributed by atoms with Gasteiger partial charge in [-0.05, 0) is 43.1 Å². The number of aliphatic hydroxyl groups excluding tert-OH is 1. The molecule has 0 aliphatic carbocycles. The third-order valence-electron chi connectivity index (χ3n) is 3.45. The minimum Gasteiger partial charge on any atom is -0.396 e. The van der Waals surface area contributed by atoms with Crippen LogP contribution in [0.1, 0.15) is 23.2 Å². The number of ketones is 1. The summed E-state index contributed by atoms with van der Waals surface area (Å²) in [5.41, 5.74) is 0.720. The average Bonchev–Trinajstić information content (AvgIpc) is 2.85. The van der Waals surface area contributed by atoms with Crippen LogP contribution in [0.5, 0.6) is 0 Å². The summed E-state index contributed by atoms with van der Waals surface area (Å²) in [7, 11) is 0. The molecule has 4 heteroatoms. The third-order valence-corrected chi connectivity index (χ3v) is 3.70. The normalized spacial score (nSPS) is 20.2. The van der Waals surface area contributed by atoms with Gasteiger partial charge in [-0.25, -0.2) is 0 Å². The van der Waals surface area contributed by atoms with Gasteiger partial charge in [-0.15, -0.1) is 0 Å². The summed E-state index contributed by atoms with van der Waals surface area (Å²) in [6, 6.07) is 7.02. The van der Waals surface area contributed by atoms with E-state index in [1.165, 1.54) is 0 Å². The molecule has 2 rings (SSSR count). The Morgan fingerprint density at radius 2 is 2.11 bits per heavy atom. The molecule has 0 bridgehead atoms.